The van der Waals surface area contributed by atoms with E-state index in [0.717, 1.165) is 24.9 Å². The van der Waals surface area contributed by atoms with Gasteiger partial charge >= 0.3 is 5.97 Å². The van der Waals surface area contributed by atoms with Crippen molar-refractivity contribution < 1.29 is 9.90 Å². The molecular weight excluding hydrogens is 286 g/mol. The molecule has 0 radical (unpaired) electrons. The molecule has 0 bridgehead atoms. The van der Waals surface area contributed by atoms with Gasteiger partial charge in [-0.2, -0.15) is 0 Å². The number of rotatable bonds is 4. The van der Waals surface area contributed by atoms with Crippen LogP contribution in [0.4, 0.5) is 0 Å². The van der Waals surface area contributed by atoms with Gasteiger partial charge in [0.15, 0.2) is 0 Å². The summed E-state index contributed by atoms with van der Waals surface area (Å²) in [5.41, 5.74) is 4.78. The molecule has 0 saturated carbocycles. The first kappa shape index (κ1) is 15.8. The Hall–Kier alpha value is -2.13. The highest BCUT2D eigenvalue weighted by molar-refractivity contribution is 5.74. The lowest BCUT2D eigenvalue weighted by molar-refractivity contribution is -0.142. The Balaban J connectivity index is 2.08. The summed E-state index contributed by atoms with van der Waals surface area (Å²) >= 11 is 0. The fourth-order valence-corrected chi connectivity index (χ4v) is 3.56. The molecule has 2 aromatic carbocycles. The van der Waals surface area contributed by atoms with Crippen molar-refractivity contribution in [2.75, 3.05) is 6.54 Å². The number of nitrogens with zero attached hydrogens (tertiary/aromatic N) is 1. The van der Waals surface area contributed by atoms with Gasteiger partial charge in [0.05, 0.1) is 6.04 Å². The molecule has 1 aliphatic rings. The fourth-order valence-electron chi connectivity index (χ4n) is 3.56. The number of hydrogen-bond donors (Lipinski definition) is 1. The first-order chi connectivity index (χ1) is 11.1. The van der Waals surface area contributed by atoms with Gasteiger partial charge in [0.25, 0.3) is 0 Å². The molecule has 0 amide bonds. The van der Waals surface area contributed by atoms with Crippen molar-refractivity contribution in [3.05, 3.63) is 70.8 Å². The number of carbonyl (C=O) groups is 1. The monoisotopic (exact) mass is 309 g/mol. The van der Waals surface area contributed by atoms with Crippen LogP contribution in [0, 0.1) is 13.8 Å². The molecule has 1 aliphatic heterocycles. The van der Waals surface area contributed by atoms with Crippen LogP contribution < -0.4 is 0 Å². The molecular formula is C20H23NO2. The molecule has 2 aromatic rings. The summed E-state index contributed by atoms with van der Waals surface area (Å²) in [4.78, 5) is 13.8. The molecule has 3 nitrogen and oxygen atoms in total. The normalized spacial score (nSPS) is 19.7. The molecule has 3 heteroatoms. The first-order valence-corrected chi connectivity index (χ1v) is 8.18. The van der Waals surface area contributed by atoms with Gasteiger partial charge in [-0.15, -0.1) is 0 Å². The molecule has 2 atom stereocenters. The molecule has 1 fully saturated rings. The predicted octanol–water partition coefficient (Wildman–Crippen LogP) is 3.94. The van der Waals surface area contributed by atoms with Gasteiger partial charge in [0.2, 0.25) is 0 Å². The van der Waals surface area contributed by atoms with Gasteiger partial charge < -0.3 is 5.11 Å². The maximum absolute atomic E-state index is 11.7. The maximum Gasteiger partial charge on any atom is 0.320 e. The third-order valence-corrected chi connectivity index (χ3v) is 4.79. The highest BCUT2D eigenvalue weighted by atomic mass is 16.4. The highest BCUT2D eigenvalue weighted by Gasteiger charge is 2.37. The van der Waals surface area contributed by atoms with Crippen molar-refractivity contribution in [1.82, 2.24) is 4.90 Å². The topological polar surface area (TPSA) is 40.5 Å². The van der Waals surface area contributed by atoms with Crippen LogP contribution in [0.5, 0.6) is 0 Å². The second kappa shape index (κ2) is 6.55. The lowest BCUT2D eigenvalue weighted by Gasteiger charge is -2.33. The van der Waals surface area contributed by atoms with E-state index in [9.17, 15) is 9.90 Å². The smallest absolute Gasteiger partial charge is 0.320 e. The second-order valence-corrected chi connectivity index (χ2v) is 6.40. The van der Waals surface area contributed by atoms with Crippen LogP contribution in [0.1, 0.15) is 41.1 Å². The zero-order chi connectivity index (χ0) is 16.4. The molecule has 1 saturated heterocycles. The molecule has 1 heterocycles. The lowest BCUT2D eigenvalue weighted by Crippen LogP contribution is -2.39. The van der Waals surface area contributed by atoms with Crippen LogP contribution in [-0.4, -0.2) is 28.6 Å². The van der Waals surface area contributed by atoms with Crippen LogP contribution in [0.25, 0.3) is 0 Å². The van der Waals surface area contributed by atoms with Crippen molar-refractivity contribution in [3.63, 3.8) is 0 Å². The Morgan fingerprint density at radius 3 is 2.48 bits per heavy atom. The van der Waals surface area contributed by atoms with Crippen LogP contribution in [-0.2, 0) is 4.79 Å². The van der Waals surface area contributed by atoms with Gasteiger partial charge in [0, 0.05) is 6.54 Å². The van der Waals surface area contributed by atoms with E-state index in [4.69, 9.17) is 0 Å². The number of hydrogen-bond acceptors (Lipinski definition) is 2. The van der Waals surface area contributed by atoms with Gasteiger partial charge in [-0.1, -0.05) is 54.1 Å². The molecule has 23 heavy (non-hydrogen) atoms. The van der Waals surface area contributed by atoms with E-state index in [2.05, 4.69) is 55.1 Å². The maximum atomic E-state index is 11.7. The van der Waals surface area contributed by atoms with Crippen molar-refractivity contribution >= 4 is 5.97 Å². The summed E-state index contributed by atoms with van der Waals surface area (Å²) in [6, 6.07) is 16.4. The van der Waals surface area contributed by atoms with E-state index in [1.165, 1.54) is 16.7 Å². The Bertz CT molecular complexity index is 693. The summed E-state index contributed by atoms with van der Waals surface area (Å²) in [7, 11) is 0. The standard InChI is InChI=1S/C20H23NO2/c1-14-9-11-16(12-10-14)19(17-7-4-3-6-15(17)2)21-13-5-8-18(21)20(22)23/h3-4,6-7,9-12,18-19H,5,8,13H2,1-2H3,(H,22,23). The summed E-state index contributed by atoms with van der Waals surface area (Å²) in [6.07, 6.45) is 1.66. The van der Waals surface area contributed by atoms with Gasteiger partial charge in [-0.05, 0) is 43.4 Å². The molecule has 3 rings (SSSR count). The average molecular weight is 309 g/mol. The van der Waals surface area contributed by atoms with Crippen molar-refractivity contribution in [1.29, 1.82) is 0 Å². The highest BCUT2D eigenvalue weighted by Crippen LogP contribution is 2.36. The molecule has 120 valence electrons. The summed E-state index contributed by atoms with van der Waals surface area (Å²) in [5, 5.41) is 9.60. The first-order valence-electron chi connectivity index (χ1n) is 8.18. The zero-order valence-electron chi connectivity index (χ0n) is 13.7. The van der Waals surface area contributed by atoms with Crippen LogP contribution in [0.15, 0.2) is 48.5 Å². The minimum atomic E-state index is -0.715. The summed E-state index contributed by atoms with van der Waals surface area (Å²) in [6.45, 7) is 4.99. The van der Waals surface area contributed by atoms with E-state index in [0.29, 0.717) is 0 Å². The van der Waals surface area contributed by atoms with Gasteiger partial charge in [-0.25, -0.2) is 0 Å². The van der Waals surface area contributed by atoms with E-state index in [1.807, 2.05) is 12.1 Å². The molecule has 0 spiro atoms. The van der Waals surface area contributed by atoms with E-state index in [-0.39, 0.29) is 6.04 Å². The molecule has 1 N–H and O–H groups in total. The number of carboxylic acid groups (broad SMARTS) is 1. The Kier molecular flexibility index (Phi) is 4.49. The zero-order valence-corrected chi connectivity index (χ0v) is 13.7. The Morgan fingerprint density at radius 1 is 1.13 bits per heavy atom. The predicted molar refractivity (Wildman–Crippen MR) is 91.6 cm³/mol. The molecule has 0 aliphatic carbocycles. The molecule has 2 unspecified atom stereocenters. The van der Waals surface area contributed by atoms with E-state index in [1.54, 1.807) is 0 Å². The third kappa shape index (κ3) is 3.15. The van der Waals surface area contributed by atoms with Gasteiger partial charge in [0.1, 0.15) is 6.04 Å². The number of aliphatic carboxylic acids is 1. The van der Waals surface area contributed by atoms with Crippen LogP contribution in [0.3, 0.4) is 0 Å². The molecule has 0 aromatic heterocycles. The second-order valence-electron chi connectivity index (χ2n) is 6.40. The quantitative estimate of drug-likeness (QED) is 0.930. The Labute approximate surface area is 137 Å². The van der Waals surface area contributed by atoms with Gasteiger partial charge in [-0.3, -0.25) is 9.69 Å². The fraction of sp³-hybridized carbons (Fsp3) is 0.350. The number of aryl methyl sites for hydroxylation is 2. The van der Waals surface area contributed by atoms with Crippen molar-refractivity contribution in [3.8, 4) is 0 Å². The minimum Gasteiger partial charge on any atom is -0.480 e. The third-order valence-electron chi connectivity index (χ3n) is 4.79. The van der Waals surface area contributed by atoms with E-state index >= 15 is 0 Å². The number of benzene rings is 2. The van der Waals surface area contributed by atoms with Crippen LogP contribution in [0.2, 0.25) is 0 Å². The van der Waals surface area contributed by atoms with Crippen LogP contribution >= 0.6 is 0 Å². The summed E-state index contributed by atoms with van der Waals surface area (Å²) in [5.74, 6) is -0.715. The van der Waals surface area contributed by atoms with E-state index < -0.39 is 12.0 Å². The average Bonchev–Trinajstić information content (AvgIpc) is 3.01. The lowest BCUT2D eigenvalue weighted by atomic mass is 9.92. The SMILES string of the molecule is Cc1ccc(C(c2ccccc2C)N2CCCC2C(=O)O)cc1. The Morgan fingerprint density at radius 2 is 1.83 bits per heavy atom. The van der Waals surface area contributed by atoms with Crippen molar-refractivity contribution in [2.45, 2.75) is 38.8 Å². The largest absolute Gasteiger partial charge is 0.480 e. The van der Waals surface area contributed by atoms with Crippen molar-refractivity contribution in [2.24, 2.45) is 0 Å². The minimum absolute atomic E-state index is 0.000370. The number of carboxylic acids is 1. The summed E-state index contributed by atoms with van der Waals surface area (Å²) < 4.78 is 0. The number of likely N-dealkylation sites (tertiary alicyclic amines) is 1.